The molecule has 7 heteroatoms. The summed E-state index contributed by atoms with van der Waals surface area (Å²) < 4.78 is 5.93. The van der Waals surface area contributed by atoms with E-state index < -0.39 is 17.7 Å². The molecule has 1 fully saturated rings. The number of carbonyl (C=O) groups is 2. The molecular formula is C25H20BrNO5. The molecule has 32 heavy (non-hydrogen) atoms. The van der Waals surface area contributed by atoms with Gasteiger partial charge in [0.25, 0.3) is 11.7 Å². The molecule has 0 aromatic heterocycles. The molecule has 6 nitrogen and oxygen atoms in total. The summed E-state index contributed by atoms with van der Waals surface area (Å²) in [4.78, 5) is 27.6. The molecule has 0 aliphatic carbocycles. The van der Waals surface area contributed by atoms with E-state index in [1.807, 2.05) is 13.0 Å². The topological polar surface area (TPSA) is 87.1 Å². The van der Waals surface area contributed by atoms with E-state index in [-0.39, 0.29) is 17.1 Å². The standard InChI is InChI=1S/C25H20BrNO5/c1-14-6-9-17(13-20(14)26)27-22(16-4-3-5-18(28)12-16)21(24(30)25(27)31)23(29)15-7-10-19(32-2)11-8-15/h3-13,22,28-29H,1-2H3/b23-21-. The highest BCUT2D eigenvalue weighted by Gasteiger charge is 2.47. The number of benzene rings is 3. The van der Waals surface area contributed by atoms with Gasteiger partial charge >= 0.3 is 0 Å². The third-order valence-corrected chi connectivity index (χ3v) is 6.28. The predicted molar refractivity (Wildman–Crippen MR) is 125 cm³/mol. The number of rotatable bonds is 4. The molecule has 3 aromatic carbocycles. The maximum atomic E-state index is 13.2. The number of carbonyl (C=O) groups excluding carboxylic acids is 2. The molecule has 1 aliphatic heterocycles. The van der Waals surface area contributed by atoms with Crippen LogP contribution < -0.4 is 9.64 Å². The van der Waals surface area contributed by atoms with Crippen LogP contribution in [0.2, 0.25) is 0 Å². The minimum atomic E-state index is -0.918. The number of aliphatic hydroxyl groups is 1. The number of aromatic hydroxyl groups is 1. The summed E-state index contributed by atoms with van der Waals surface area (Å²) in [7, 11) is 1.53. The van der Waals surface area contributed by atoms with Crippen LogP contribution in [0.1, 0.15) is 22.7 Å². The van der Waals surface area contributed by atoms with Crippen molar-refractivity contribution in [2.45, 2.75) is 13.0 Å². The van der Waals surface area contributed by atoms with E-state index in [1.165, 1.54) is 24.1 Å². The Bertz CT molecular complexity index is 1250. The van der Waals surface area contributed by atoms with Gasteiger partial charge in [-0.15, -0.1) is 0 Å². The Labute approximate surface area is 193 Å². The summed E-state index contributed by atoms with van der Waals surface area (Å²) in [5, 5.41) is 21.2. The van der Waals surface area contributed by atoms with Crippen molar-refractivity contribution in [2.75, 3.05) is 12.0 Å². The van der Waals surface area contributed by atoms with E-state index in [2.05, 4.69) is 15.9 Å². The van der Waals surface area contributed by atoms with Crippen LogP contribution in [0.4, 0.5) is 5.69 Å². The van der Waals surface area contributed by atoms with Crippen molar-refractivity contribution in [3.8, 4) is 11.5 Å². The van der Waals surface area contributed by atoms with Gasteiger partial charge in [0.2, 0.25) is 0 Å². The highest BCUT2D eigenvalue weighted by molar-refractivity contribution is 9.10. The summed E-state index contributed by atoms with van der Waals surface area (Å²) >= 11 is 3.47. The van der Waals surface area contributed by atoms with Gasteiger partial charge in [0.15, 0.2) is 0 Å². The molecule has 4 rings (SSSR count). The van der Waals surface area contributed by atoms with E-state index in [4.69, 9.17) is 4.74 Å². The lowest BCUT2D eigenvalue weighted by Gasteiger charge is -2.26. The summed E-state index contributed by atoms with van der Waals surface area (Å²) in [5.74, 6) is -1.28. The lowest BCUT2D eigenvalue weighted by atomic mass is 9.95. The molecule has 162 valence electrons. The predicted octanol–water partition coefficient (Wildman–Crippen LogP) is 5.10. The fourth-order valence-corrected chi connectivity index (χ4v) is 4.11. The number of nitrogens with zero attached hydrogens (tertiary/aromatic N) is 1. The van der Waals surface area contributed by atoms with Crippen molar-refractivity contribution < 1.29 is 24.5 Å². The van der Waals surface area contributed by atoms with Crippen molar-refractivity contribution in [2.24, 2.45) is 0 Å². The lowest BCUT2D eigenvalue weighted by molar-refractivity contribution is -0.132. The van der Waals surface area contributed by atoms with Gasteiger partial charge in [-0.1, -0.05) is 34.1 Å². The Hall–Kier alpha value is -3.58. The van der Waals surface area contributed by atoms with Crippen molar-refractivity contribution in [1.29, 1.82) is 0 Å². The van der Waals surface area contributed by atoms with Crippen LogP contribution in [-0.2, 0) is 9.59 Å². The molecule has 3 aromatic rings. The van der Waals surface area contributed by atoms with Crippen LogP contribution in [0.15, 0.2) is 76.8 Å². The van der Waals surface area contributed by atoms with Crippen LogP contribution in [0.5, 0.6) is 11.5 Å². The number of ether oxygens (including phenoxy) is 1. The van der Waals surface area contributed by atoms with Gasteiger partial charge in [-0.2, -0.15) is 0 Å². The van der Waals surface area contributed by atoms with Crippen molar-refractivity contribution in [3.63, 3.8) is 0 Å². The van der Waals surface area contributed by atoms with Crippen molar-refractivity contribution >= 4 is 39.1 Å². The van der Waals surface area contributed by atoms with E-state index in [9.17, 15) is 19.8 Å². The first kappa shape index (κ1) is 21.6. The molecule has 1 heterocycles. The number of hydrogen-bond acceptors (Lipinski definition) is 5. The van der Waals surface area contributed by atoms with Crippen LogP contribution in [-0.4, -0.2) is 29.0 Å². The van der Waals surface area contributed by atoms with Crippen LogP contribution in [0.25, 0.3) is 5.76 Å². The highest BCUT2D eigenvalue weighted by atomic mass is 79.9. The molecule has 1 amide bonds. The number of aryl methyl sites for hydroxylation is 1. The molecule has 1 saturated heterocycles. The normalized spacial score (nSPS) is 17.6. The lowest BCUT2D eigenvalue weighted by Crippen LogP contribution is -2.29. The number of phenols is 1. The molecule has 0 bridgehead atoms. The quantitative estimate of drug-likeness (QED) is 0.300. The summed E-state index contributed by atoms with van der Waals surface area (Å²) in [6.45, 7) is 1.92. The minimum absolute atomic E-state index is 0.0115. The number of methoxy groups -OCH3 is 1. The Balaban J connectivity index is 1.94. The third-order valence-electron chi connectivity index (χ3n) is 5.43. The zero-order chi connectivity index (χ0) is 23.0. The second-order valence-electron chi connectivity index (χ2n) is 7.43. The second-order valence-corrected chi connectivity index (χ2v) is 8.28. The van der Waals surface area contributed by atoms with Gasteiger partial charge in [0.05, 0.1) is 18.7 Å². The highest BCUT2D eigenvalue weighted by Crippen LogP contribution is 2.43. The molecule has 2 N–H and O–H groups in total. The largest absolute Gasteiger partial charge is 0.508 e. The SMILES string of the molecule is COc1ccc(/C(O)=C2/C(=O)C(=O)N(c3ccc(C)c(Br)c3)C2c2cccc(O)c2)cc1. The number of halogens is 1. The maximum absolute atomic E-state index is 13.2. The zero-order valence-corrected chi connectivity index (χ0v) is 19.0. The number of anilines is 1. The Morgan fingerprint density at radius 3 is 2.38 bits per heavy atom. The van der Waals surface area contributed by atoms with E-state index in [1.54, 1.807) is 48.5 Å². The monoisotopic (exact) mass is 493 g/mol. The third kappa shape index (κ3) is 3.76. The van der Waals surface area contributed by atoms with E-state index in [0.717, 1.165) is 10.0 Å². The number of ketones is 1. The van der Waals surface area contributed by atoms with Crippen molar-refractivity contribution in [3.05, 3.63) is 93.5 Å². The number of aliphatic hydroxyl groups excluding tert-OH is 1. The van der Waals surface area contributed by atoms with Crippen LogP contribution >= 0.6 is 15.9 Å². The first-order valence-corrected chi connectivity index (χ1v) is 10.6. The molecule has 0 radical (unpaired) electrons. The molecule has 1 atom stereocenters. The number of phenolic OH excluding ortho intramolecular Hbond substituents is 1. The smallest absolute Gasteiger partial charge is 0.300 e. The summed E-state index contributed by atoms with van der Waals surface area (Å²) in [6.07, 6.45) is 0. The zero-order valence-electron chi connectivity index (χ0n) is 17.4. The first-order chi connectivity index (χ1) is 15.3. The fraction of sp³-hybridized carbons (Fsp3) is 0.120. The van der Waals surface area contributed by atoms with Crippen molar-refractivity contribution in [1.82, 2.24) is 0 Å². The Morgan fingerprint density at radius 1 is 1.03 bits per heavy atom. The van der Waals surface area contributed by atoms with Crippen LogP contribution in [0, 0.1) is 6.92 Å². The number of hydrogen-bond donors (Lipinski definition) is 2. The molecule has 1 unspecified atom stereocenters. The van der Waals surface area contributed by atoms with Gasteiger partial charge in [-0.05, 0) is 66.6 Å². The first-order valence-electron chi connectivity index (χ1n) is 9.82. The minimum Gasteiger partial charge on any atom is -0.508 e. The van der Waals surface area contributed by atoms with E-state index in [0.29, 0.717) is 22.6 Å². The molecule has 1 aliphatic rings. The maximum Gasteiger partial charge on any atom is 0.300 e. The molecule has 0 saturated carbocycles. The van der Waals surface area contributed by atoms with Gasteiger partial charge in [0.1, 0.15) is 17.3 Å². The number of Topliss-reactive ketones (excluding diaryl/α,β-unsaturated/α-hetero) is 1. The fourth-order valence-electron chi connectivity index (χ4n) is 3.75. The van der Waals surface area contributed by atoms with Crippen LogP contribution in [0.3, 0.4) is 0 Å². The van der Waals surface area contributed by atoms with Gasteiger partial charge < -0.3 is 14.9 Å². The number of amides is 1. The average molecular weight is 494 g/mol. The Kier molecular flexibility index (Phi) is 5.76. The summed E-state index contributed by atoms with van der Waals surface area (Å²) in [6, 6.07) is 17.3. The molecular weight excluding hydrogens is 474 g/mol. The van der Waals surface area contributed by atoms with Gasteiger partial charge in [-0.3, -0.25) is 14.5 Å². The van der Waals surface area contributed by atoms with Gasteiger partial charge in [0, 0.05) is 15.7 Å². The summed E-state index contributed by atoms with van der Waals surface area (Å²) in [5.41, 5.74) is 2.28. The van der Waals surface area contributed by atoms with E-state index >= 15 is 0 Å². The average Bonchev–Trinajstić information content (AvgIpc) is 3.06. The van der Waals surface area contributed by atoms with Gasteiger partial charge in [-0.25, -0.2) is 0 Å². The Morgan fingerprint density at radius 2 is 1.75 bits per heavy atom. The second kappa shape index (κ2) is 8.51. The molecule has 0 spiro atoms.